The van der Waals surface area contributed by atoms with Gasteiger partial charge in [-0.2, -0.15) is 0 Å². The van der Waals surface area contributed by atoms with Crippen LogP contribution in [0.1, 0.15) is 5.56 Å². The van der Waals surface area contributed by atoms with Crippen LogP contribution in [-0.4, -0.2) is 0 Å². The van der Waals surface area contributed by atoms with Crippen molar-refractivity contribution in [2.75, 3.05) is 0 Å². The van der Waals surface area contributed by atoms with E-state index in [1.54, 1.807) is 12.1 Å². The van der Waals surface area contributed by atoms with E-state index in [-0.39, 0.29) is 5.82 Å². The van der Waals surface area contributed by atoms with Gasteiger partial charge in [0.25, 0.3) is 0 Å². The van der Waals surface area contributed by atoms with Crippen LogP contribution < -0.4 is 4.57 Å². The minimum Gasteiger partial charge on any atom is -0.206 e. The zero-order valence-electron chi connectivity index (χ0n) is 8.03. The number of pyridine rings is 1. The summed E-state index contributed by atoms with van der Waals surface area (Å²) in [6.07, 6.45) is 3.79. The number of halogens is 2. The molecule has 1 nitrogen and oxygen atoms in total. The first-order valence-electron chi connectivity index (χ1n) is 4.64. The molecular weight excluding hydrogens is 213 g/mol. The summed E-state index contributed by atoms with van der Waals surface area (Å²) in [5.74, 6) is -0.265. The van der Waals surface area contributed by atoms with Crippen LogP contribution in [0.15, 0.2) is 48.8 Å². The Balaban J connectivity index is 2.25. The predicted molar refractivity (Wildman–Crippen MR) is 57.1 cm³/mol. The lowest BCUT2D eigenvalue weighted by molar-refractivity contribution is -0.688. The van der Waals surface area contributed by atoms with E-state index < -0.39 is 0 Å². The number of hydrogen-bond acceptors (Lipinski definition) is 0. The van der Waals surface area contributed by atoms with E-state index in [4.69, 9.17) is 11.6 Å². The van der Waals surface area contributed by atoms with Crippen molar-refractivity contribution in [1.29, 1.82) is 0 Å². The van der Waals surface area contributed by atoms with Crippen molar-refractivity contribution in [2.24, 2.45) is 0 Å². The standard InChI is InChI=1S/C12H10ClFN/c13-11-5-4-10(12(14)8-11)9-15-6-2-1-3-7-15/h1-8H,9H2/q+1. The molecule has 0 spiro atoms. The molecule has 0 fully saturated rings. The number of aromatic nitrogens is 1. The molecule has 1 aromatic heterocycles. The van der Waals surface area contributed by atoms with E-state index in [1.807, 2.05) is 35.2 Å². The van der Waals surface area contributed by atoms with Crippen LogP contribution in [0.25, 0.3) is 0 Å². The van der Waals surface area contributed by atoms with E-state index >= 15 is 0 Å². The van der Waals surface area contributed by atoms with Crippen LogP contribution in [0.3, 0.4) is 0 Å². The van der Waals surface area contributed by atoms with Crippen molar-refractivity contribution in [3.63, 3.8) is 0 Å². The van der Waals surface area contributed by atoms with Gasteiger partial charge in [-0.25, -0.2) is 8.96 Å². The molecule has 0 atom stereocenters. The first-order valence-corrected chi connectivity index (χ1v) is 5.01. The van der Waals surface area contributed by atoms with Gasteiger partial charge in [0.05, 0.1) is 5.56 Å². The average molecular weight is 223 g/mol. The SMILES string of the molecule is Fc1cc(Cl)ccc1C[n+]1ccccc1. The van der Waals surface area contributed by atoms with Gasteiger partial charge in [-0.15, -0.1) is 0 Å². The Bertz CT molecular complexity index is 456. The van der Waals surface area contributed by atoms with Gasteiger partial charge in [-0.05, 0) is 18.2 Å². The molecule has 0 aliphatic rings. The van der Waals surface area contributed by atoms with Crippen LogP contribution >= 0.6 is 11.6 Å². The van der Waals surface area contributed by atoms with Gasteiger partial charge < -0.3 is 0 Å². The predicted octanol–water partition coefficient (Wildman–Crippen LogP) is 2.81. The highest BCUT2D eigenvalue weighted by molar-refractivity contribution is 6.30. The second kappa shape index (κ2) is 4.41. The van der Waals surface area contributed by atoms with Crippen molar-refractivity contribution in [3.8, 4) is 0 Å². The lowest BCUT2D eigenvalue weighted by Crippen LogP contribution is -2.33. The Morgan fingerprint density at radius 2 is 1.87 bits per heavy atom. The van der Waals surface area contributed by atoms with Crippen molar-refractivity contribution in [2.45, 2.75) is 6.54 Å². The van der Waals surface area contributed by atoms with Crippen molar-refractivity contribution in [1.82, 2.24) is 0 Å². The minimum atomic E-state index is -0.265. The van der Waals surface area contributed by atoms with Crippen molar-refractivity contribution >= 4 is 11.6 Å². The number of rotatable bonds is 2. The van der Waals surface area contributed by atoms with Crippen LogP contribution in [0, 0.1) is 5.82 Å². The van der Waals surface area contributed by atoms with Gasteiger partial charge in [0.1, 0.15) is 5.82 Å². The van der Waals surface area contributed by atoms with E-state index in [2.05, 4.69) is 0 Å². The van der Waals surface area contributed by atoms with Gasteiger partial charge in [-0.3, -0.25) is 0 Å². The highest BCUT2D eigenvalue weighted by atomic mass is 35.5. The Hall–Kier alpha value is -1.41. The molecule has 0 saturated heterocycles. The van der Waals surface area contributed by atoms with Crippen LogP contribution in [0.5, 0.6) is 0 Å². The van der Waals surface area contributed by atoms with Crippen LogP contribution in [0.2, 0.25) is 5.02 Å². The molecular formula is C12H10ClFN+. The summed E-state index contributed by atoms with van der Waals surface area (Å²) in [7, 11) is 0. The maximum atomic E-state index is 13.4. The molecule has 0 aliphatic carbocycles. The lowest BCUT2D eigenvalue weighted by Gasteiger charge is -1.99. The molecule has 1 heterocycles. The van der Waals surface area contributed by atoms with Gasteiger partial charge in [0.15, 0.2) is 18.9 Å². The van der Waals surface area contributed by atoms with E-state index in [1.165, 1.54) is 6.07 Å². The van der Waals surface area contributed by atoms with E-state index in [0.29, 0.717) is 17.1 Å². The molecule has 0 saturated carbocycles. The van der Waals surface area contributed by atoms with E-state index in [9.17, 15) is 4.39 Å². The maximum absolute atomic E-state index is 13.4. The monoisotopic (exact) mass is 222 g/mol. The molecule has 0 unspecified atom stereocenters. The summed E-state index contributed by atoms with van der Waals surface area (Å²) in [6, 6.07) is 10.5. The fraction of sp³-hybridized carbons (Fsp3) is 0.0833. The topological polar surface area (TPSA) is 3.88 Å². The third-order valence-corrected chi connectivity index (χ3v) is 2.38. The lowest BCUT2D eigenvalue weighted by atomic mass is 10.2. The average Bonchev–Trinajstić information content (AvgIpc) is 2.24. The first-order chi connectivity index (χ1) is 7.25. The van der Waals surface area contributed by atoms with Gasteiger partial charge >= 0.3 is 0 Å². The number of hydrogen-bond donors (Lipinski definition) is 0. The molecule has 2 aromatic rings. The van der Waals surface area contributed by atoms with E-state index in [0.717, 1.165) is 0 Å². The highest BCUT2D eigenvalue weighted by Crippen LogP contribution is 2.14. The second-order valence-electron chi connectivity index (χ2n) is 3.28. The fourth-order valence-corrected chi connectivity index (χ4v) is 1.55. The Morgan fingerprint density at radius 1 is 1.13 bits per heavy atom. The van der Waals surface area contributed by atoms with Gasteiger partial charge in [0, 0.05) is 17.2 Å². The Labute approximate surface area is 92.8 Å². The summed E-state index contributed by atoms with van der Waals surface area (Å²) < 4.78 is 15.3. The van der Waals surface area contributed by atoms with Crippen LogP contribution in [0.4, 0.5) is 4.39 Å². The molecule has 1 aromatic carbocycles. The van der Waals surface area contributed by atoms with Crippen molar-refractivity contribution in [3.05, 3.63) is 65.2 Å². The quantitative estimate of drug-likeness (QED) is 0.688. The van der Waals surface area contributed by atoms with Gasteiger partial charge in [-0.1, -0.05) is 17.7 Å². The third-order valence-electron chi connectivity index (χ3n) is 2.15. The summed E-state index contributed by atoms with van der Waals surface area (Å²) in [5.41, 5.74) is 0.635. The molecule has 0 radical (unpaired) electrons. The third kappa shape index (κ3) is 2.54. The normalized spacial score (nSPS) is 10.3. The first kappa shape index (κ1) is 10.1. The molecule has 0 aliphatic heterocycles. The summed E-state index contributed by atoms with van der Waals surface area (Å²) in [6.45, 7) is 0.518. The smallest absolute Gasteiger partial charge is 0.176 e. The molecule has 2 rings (SSSR count). The molecule has 0 bridgehead atoms. The minimum absolute atomic E-state index is 0.265. The highest BCUT2D eigenvalue weighted by Gasteiger charge is 2.07. The number of nitrogens with zero attached hydrogens (tertiary/aromatic N) is 1. The zero-order valence-corrected chi connectivity index (χ0v) is 8.78. The molecule has 3 heteroatoms. The summed E-state index contributed by atoms with van der Waals surface area (Å²) in [5, 5.41) is 0.425. The second-order valence-corrected chi connectivity index (χ2v) is 3.72. The largest absolute Gasteiger partial charge is 0.206 e. The summed E-state index contributed by atoms with van der Waals surface area (Å²) >= 11 is 5.67. The Kier molecular flexibility index (Phi) is 2.97. The van der Waals surface area contributed by atoms with Gasteiger partial charge in [0.2, 0.25) is 0 Å². The Morgan fingerprint density at radius 3 is 2.53 bits per heavy atom. The maximum Gasteiger partial charge on any atom is 0.176 e. The van der Waals surface area contributed by atoms with Crippen molar-refractivity contribution < 1.29 is 8.96 Å². The molecule has 15 heavy (non-hydrogen) atoms. The fourth-order valence-electron chi connectivity index (χ4n) is 1.39. The molecule has 0 N–H and O–H groups in total. The zero-order chi connectivity index (χ0) is 10.7. The van der Waals surface area contributed by atoms with Crippen LogP contribution in [-0.2, 0) is 6.54 Å². The summed E-state index contributed by atoms with van der Waals surface area (Å²) in [4.78, 5) is 0. The molecule has 0 amide bonds. The number of benzene rings is 1. The molecule has 76 valence electrons.